The van der Waals surface area contributed by atoms with E-state index < -0.39 is 18.0 Å². The van der Waals surface area contributed by atoms with Crippen LogP contribution in [-0.2, 0) is 37.3 Å². The molecule has 0 radical (unpaired) electrons. The Labute approximate surface area is 299 Å². The van der Waals surface area contributed by atoms with E-state index in [1.54, 1.807) is 54.2 Å². The van der Waals surface area contributed by atoms with Gasteiger partial charge in [0.1, 0.15) is 16.4 Å². The van der Waals surface area contributed by atoms with Gasteiger partial charge >= 0.3 is 11.9 Å². The first kappa shape index (κ1) is 41.7. The van der Waals surface area contributed by atoms with Crippen LogP contribution in [0.2, 0.25) is 0 Å². The smallest absolute Gasteiger partial charge is 0.308 e. The van der Waals surface area contributed by atoms with Crippen LogP contribution in [0.1, 0.15) is 104 Å². The molecular formula is C37H53N5O7S. The number of rotatable bonds is 17. The molecule has 0 aliphatic rings. The van der Waals surface area contributed by atoms with Crippen LogP contribution in [0.3, 0.4) is 0 Å². The van der Waals surface area contributed by atoms with E-state index in [4.69, 9.17) is 15.2 Å². The highest BCUT2D eigenvalue weighted by molar-refractivity contribution is 7.09. The van der Waals surface area contributed by atoms with E-state index in [-0.39, 0.29) is 47.4 Å². The molecule has 3 amide bonds. The molecule has 3 N–H and O–H groups in total. The Morgan fingerprint density at radius 1 is 1.04 bits per heavy atom. The van der Waals surface area contributed by atoms with Crippen molar-refractivity contribution in [3.05, 3.63) is 76.0 Å². The zero-order valence-electron chi connectivity index (χ0n) is 30.5. The Morgan fingerprint density at radius 2 is 1.72 bits per heavy atom. The van der Waals surface area contributed by atoms with Crippen molar-refractivity contribution in [3.63, 3.8) is 0 Å². The molecule has 12 nitrogen and oxygen atoms in total. The third-order valence-electron chi connectivity index (χ3n) is 8.30. The van der Waals surface area contributed by atoms with Crippen molar-refractivity contribution >= 4 is 41.0 Å². The van der Waals surface area contributed by atoms with E-state index in [1.807, 2.05) is 51.1 Å². The topological polar surface area (TPSA) is 163 Å². The quantitative estimate of drug-likeness (QED) is 0.174. The van der Waals surface area contributed by atoms with Crippen molar-refractivity contribution in [1.82, 2.24) is 19.8 Å². The summed E-state index contributed by atoms with van der Waals surface area (Å²) in [6.07, 6.45) is 4.59. The Kier molecular flexibility index (Phi) is 17.4. The summed E-state index contributed by atoms with van der Waals surface area (Å²) in [5, 5.41) is 5.17. The summed E-state index contributed by atoms with van der Waals surface area (Å²) in [5.41, 5.74) is 6.77. The monoisotopic (exact) mass is 711 g/mol. The second-order valence-electron chi connectivity index (χ2n) is 12.7. The van der Waals surface area contributed by atoms with E-state index in [0.717, 1.165) is 18.4 Å². The predicted molar refractivity (Wildman–Crippen MR) is 193 cm³/mol. The van der Waals surface area contributed by atoms with Gasteiger partial charge in [0.25, 0.3) is 11.8 Å². The average molecular weight is 712 g/mol. The Balaban J connectivity index is 0.000000831. The first-order valence-corrected chi connectivity index (χ1v) is 17.8. The third-order valence-corrected chi connectivity index (χ3v) is 9.23. The number of aryl methyl sites for hydroxylation is 1. The van der Waals surface area contributed by atoms with Crippen LogP contribution in [0.25, 0.3) is 0 Å². The minimum atomic E-state index is -0.702. The number of ether oxygens (including phenoxy) is 2. The van der Waals surface area contributed by atoms with E-state index in [9.17, 15) is 24.0 Å². The zero-order valence-corrected chi connectivity index (χ0v) is 31.3. The van der Waals surface area contributed by atoms with Gasteiger partial charge in [-0.15, -0.1) is 11.3 Å². The summed E-state index contributed by atoms with van der Waals surface area (Å²) in [6.45, 7) is 9.22. The second kappa shape index (κ2) is 20.9. The molecule has 1 aromatic carbocycles. The van der Waals surface area contributed by atoms with Crippen molar-refractivity contribution < 1.29 is 33.4 Å². The molecule has 50 heavy (non-hydrogen) atoms. The molecule has 0 fully saturated rings. The molecule has 2 heterocycles. The standard InChI is InChI=1S/C31H45N3O6S.C6H8N2O/c1-8-9-15-28(36)34(6)26(20(2)3)18-27(40-22(5)35)30-33-25(19-41-30)29(37)32-24(16-21(4)31(38)39-7)17-23-13-11-10-12-14-23;1-8-4-2-3-5(8)6(7)9/h10-14,19-21,24,26-27H,8-9,15-18H2,1-7H3,(H,32,37);2-4H,1H3,(H2,7,9). The third kappa shape index (κ3) is 13.4. The van der Waals surface area contributed by atoms with Gasteiger partial charge in [-0.3, -0.25) is 24.0 Å². The van der Waals surface area contributed by atoms with Crippen molar-refractivity contribution in [2.24, 2.45) is 24.6 Å². The lowest BCUT2D eigenvalue weighted by atomic mass is 9.96. The number of carbonyl (C=O) groups excluding carboxylic acids is 5. The normalized spacial score (nSPS) is 13.2. The Morgan fingerprint density at radius 3 is 2.24 bits per heavy atom. The molecule has 4 atom stereocenters. The lowest BCUT2D eigenvalue weighted by Crippen LogP contribution is -2.41. The van der Waals surface area contributed by atoms with Crippen LogP contribution in [-0.4, -0.2) is 70.4 Å². The molecule has 0 saturated carbocycles. The van der Waals surface area contributed by atoms with Gasteiger partial charge in [0.2, 0.25) is 5.91 Å². The number of primary amides is 1. The van der Waals surface area contributed by atoms with Gasteiger partial charge in [-0.2, -0.15) is 0 Å². The first-order chi connectivity index (χ1) is 23.7. The molecule has 0 bridgehead atoms. The van der Waals surface area contributed by atoms with Crippen molar-refractivity contribution in [1.29, 1.82) is 0 Å². The summed E-state index contributed by atoms with van der Waals surface area (Å²) in [5.74, 6) is -1.80. The fourth-order valence-corrected chi connectivity index (χ4v) is 6.36. The summed E-state index contributed by atoms with van der Waals surface area (Å²) in [7, 11) is 4.92. The number of methoxy groups -OCH3 is 1. The second-order valence-corrected chi connectivity index (χ2v) is 13.6. The minimum Gasteiger partial charge on any atom is -0.469 e. The highest BCUT2D eigenvalue weighted by Crippen LogP contribution is 2.30. The molecule has 13 heteroatoms. The SMILES string of the molecule is CCCCC(=O)N(C)C(CC(OC(C)=O)c1nc(C(=O)NC(Cc2ccccc2)CC(C)C(=O)OC)cs1)C(C)C.Cn1cccc1C(N)=O. The van der Waals surface area contributed by atoms with E-state index in [0.29, 0.717) is 36.4 Å². The van der Waals surface area contributed by atoms with E-state index in [2.05, 4.69) is 10.3 Å². The van der Waals surface area contributed by atoms with Crippen LogP contribution >= 0.6 is 11.3 Å². The molecule has 3 rings (SSSR count). The number of benzene rings is 1. The fourth-order valence-electron chi connectivity index (χ4n) is 5.52. The van der Waals surface area contributed by atoms with Gasteiger partial charge in [-0.25, -0.2) is 4.98 Å². The number of unbranched alkanes of at least 4 members (excludes halogenated alkanes) is 1. The molecule has 274 valence electrons. The zero-order chi connectivity index (χ0) is 37.4. The molecule has 0 aliphatic heterocycles. The van der Waals surface area contributed by atoms with E-state index >= 15 is 0 Å². The van der Waals surface area contributed by atoms with Gasteiger partial charge in [0, 0.05) is 57.5 Å². The van der Waals surface area contributed by atoms with Gasteiger partial charge in [0.15, 0.2) is 6.10 Å². The number of carbonyl (C=O) groups is 5. The summed E-state index contributed by atoms with van der Waals surface area (Å²) >= 11 is 1.24. The van der Waals surface area contributed by atoms with Crippen LogP contribution < -0.4 is 11.1 Å². The van der Waals surface area contributed by atoms with Crippen LogP contribution in [0, 0.1) is 11.8 Å². The molecule has 3 aromatic rings. The number of nitrogens with zero attached hydrogens (tertiary/aromatic N) is 3. The molecular weight excluding hydrogens is 659 g/mol. The average Bonchev–Trinajstić information content (AvgIpc) is 3.75. The largest absolute Gasteiger partial charge is 0.469 e. The van der Waals surface area contributed by atoms with E-state index in [1.165, 1.54) is 25.4 Å². The minimum absolute atomic E-state index is 0.0528. The maximum atomic E-state index is 13.3. The van der Waals surface area contributed by atoms with Gasteiger partial charge < -0.3 is 30.0 Å². The molecule has 0 spiro atoms. The van der Waals surface area contributed by atoms with Crippen molar-refractivity contribution in [2.45, 2.75) is 91.3 Å². The molecule has 0 saturated heterocycles. The van der Waals surface area contributed by atoms with Crippen LogP contribution in [0.5, 0.6) is 0 Å². The Hall–Kier alpha value is -4.52. The lowest BCUT2D eigenvalue weighted by molar-refractivity contribution is -0.148. The summed E-state index contributed by atoms with van der Waals surface area (Å²) < 4.78 is 12.2. The van der Waals surface area contributed by atoms with Gasteiger partial charge in [-0.1, -0.05) is 64.4 Å². The number of amides is 3. The van der Waals surface area contributed by atoms with Gasteiger partial charge in [0.05, 0.1) is 13.0 Å². The Bertz CT molecular complexity index is 1540. The fraction of sp³-hybridized carbons (Fsp3) is 0.514. The molecule has 0 aliphatic carbocycles. The highest BCUT2D eigenvalue weighted by atomic mass is 32.1. The van der Waals surface area contributed by atoms with Crippen LogP contribution in [0.15, 0.2) is 54.0 Å². The van der Waals surface area contributed by atoms with Crippen molar-refractivity contribution in [2.75, 3.05) is 14.2 Å². The number of thiazole rings is 1. The maximum Gasteiger partial charge on any atom is 0.308 e. The number of nitrogens with one attached hydrogen (secondary N) is 1. The lowest BCUT2D eigenvalue weighted by Gasteiger charge is -2.33. The number of esters is 2. The van der Waals surface area contributed by atoms with Crippen LogP contribution in [0.4, 0.5) is 0 Å². The number of hydrogen-bond acceptors (Lipinski definition) is 9. The molecule has 4 unspecified atom stereocenters. The van der Waals surface area contributed by atoms with Crippen molar-refractivity contribution in [3.8, 4) is 0 Å². The highest BCUT2D eigenvalue weighted by Gasteiger charge is 2.31. The number of hydrogen-bond donors (Lipinski definition) is 2. The summed E-state index contributed by atoms with van der Waals surface area (Å²) in [4.78, 5) is 67.0. The predicted octanol–water partition coefficient (Wildman–Crippen LogP) is 5.47. The summed E-state index contributed by atoms with van der Waals surface area (Å²) in [6, 6.07) is 12.7. The maximum absolute atomic E-state index is 13.3. The number of nitrogens with two attached hydrogens (primary N) is 1. The van der Waals surface area contributed by atoms with Gasteiger partial charge in [-0.05, 0) is 42.9 Å². The molecule has 2 aromatic heterocycles. The first-order valence-electron chi connectivity index (χ1n) is 16.9. The number of aromatic nitrogens is 2.